The van der Waals surface area contributed by atoms with Crippen LogP contribution in [0, 0.1) is 0 Å². The van der Waals surface area contributed by atoms with Gasteiger partial charge in [-0.15, -0.1) is 0 Å². The fourth-order valence-electron chi connectivity index (χ4n) is 5.51. The first-order chi connectivity index (χ1) is 17.9. The maximum atomic E-state index is 9.39. The summed E-state index contributed by atoms with van der Waals surface area (Å²) in [5, 5.41) is 18.8. The van der Waals surface area contributed by atoms with Crippen LogP contribution in [0.5, 0.6) is 0 Å². The van der Waals surface area contributed by atoms with E-state index in [1.807, 2.05) is 18.2 Å². The lowest BCUT2D eigenvalue weighted by molar-refractivity contribution is 0.426. The Bertz CT molecular complexity index is 1560. The zero-order valence-corrected chi connectivity index (χ0v) is 21.0. The lowest BCUT2D eigenvalue weighted by Crippen LogP contribution is -2.29. The molecule has 3 nitrogen and oxygen atoms in total. The monoisotopic (exact) mass is 481 g/mol. The molecular formula is C33H28BNO2. The second-order valence-corrected chi connectivity index (χ2v) is 10.1. The molecule has 1 aliphatic rings. The summed E-state index contributed by atoms with van der Waals surface area (Å²) in [5.74, 6) is 0. The first-order valence-corrected chi connectivity index (χ1v) is 12.6. The Morgan fingerprint density at radius 2 is 1.08 bits per heavy atom. The van der Waals surface area contributed by atoms with Gasteiger partial charge in [0, 0.05) is 22.5 Å². The number of hydrogen-bond donors (Lipinski definition) is 2. The minimum absolute atomic E-state index is 0.0670. The summed E-state index contributed by atoms with van der Waals surface area (Å²) in [4.78, 5) is 2.30. The van der Waals surface area contributed by atoms with E-state index in [1.54, 1.807) is 12.1 Å². The van der Waals surface area contributed by atoms with E-state index < -0.39 is 7.12 Å². The van der Waals surface area contributed by atoms with Gasteiger partial charge in [0.2, 0.25) is 0 Å². The Balaban J connectivity index is 1.41. The van der Waals surface area contributed by atoms with Gasteiger partial charge in [0.1, 0.15) is 0 Å². The van der Waals surface area contributed by atoms with Crippen LogP contribution in [0.2, 0.25) is 0 Å². The van der Waals surface area contributed by atoms with Crippen LogP contribution in [-0.4, -0.2) is 17.2 Å². The molecule has 37 heavy (non-hydrogen) atoms. The second-order valence-electron chi connectivity index (χ2n) is 10.1. The molecule has 5 aromatic carbocycles. The number of anilines is 3. The molecule has 180 valence electrons. The maximum absolute atomic E-state index is 9.39. The Kier molecular flexibility index (Phi) is 5.71. The van der Waals surface area contributed by atoms with Crippen LogP contribution in [0.4, 0.5) is 17.1 Å². The zero-order valence-electron chi connectivity index (χ0n) is 21.0. The molecule has 0 saturated carbocycles. The summed E-state index contributed by atoms with van der Waals surface area (Å²) in [5.41, 5.74) is 11.2. The fraction of sp³-hybridized carbons (Fsp3) is 0.0909. The maximum Gasteiger partial charge on any atom is 0.488 e. The highest BCUT2D eigenvalue weighted by Crippen LogP contribution is 2.50. The van der Waals surface area contributed by atoms with Crippen molar-refractivity contribution in [3.63, 3.8) is 0 Å². The molecule has 4 heteroatoms. The highest BCUT2D eigenvalue weighted by atomic mass is 16.4. The Labute approximate surface area is 218 Å². The van der Waals surface area contributed by atoms with Crippen molar-refractivity contribution < 1.29 is 10.0 Å². The minimum atomic E-state index is -1.46. The minimum Gasteiger partial charge on any atom is -0.423 e. The van der Waals surface area contributed by atoms with Gasteiger partial charge in [0.05, 0.1) is 0 Å². The molecule has 5 aromatic rings. The second kappa shape index (κ2) is 9.08. The molecule has 0 bridgehead atoms. The summed E-state index contributed by atoms with van der Waals surface area (Å²) in [6.45, 7) is 4.62. The summed E-state index contributed by atoms with van der Waals surface area (Å²) < 4.78 is 0. The molecule has 0 spiro atoms. The Morgan fingerprint density at radius 3 is 1.76 bits per heavy atom. The number of fused-ring (bicyclic) bond motifs is 3. The molecule has 2 N–H and O–H groups in total. The number of hydrogen-bond acceptors (Lipinski definition) is 3. The van der Waals surface area contributed by atoms with Crippen LogP contribution >= 0.6 is 0 Å². The molecule has 1 aliphatic carbocycles. The summed E-state index contributed by atoms with van der Waals surface area (Å²) in [7, 11) is -1.46. The van der Waals surface area contributed by atoms with Gasteiger partial charge in [-0.2, -0.15) is 0 Å². The van der Waals surface area contributed by atoms with Gasteiger partial charge in [-0.05, 0) is 75.2 Å². The smallest absolute Gasteiger partial charge is 0.423 e. The molecule has 0 radical (unpaired) electrons. The van der Waals surface area contributed by atoms with Gasteiger partial charge >= 0.3 is 7.12 Å². The lowest BCUT2D eigenvalue weighted by atomic mass is 9.80. The van der Waals surface area contributed by atoms with Crippen molar-refractivity contribution in [3.05, 3.63) is 132 Å². The van der Waals surface area contributed by atoms with Gasteiger partial charge in [-0.25, -0.2) is 0 Å². The van der Waals surface area contributed by atoms with Crippen molar-refractivity contribution in [3.8, 4) is 22.3 Å². The fourth-order valence-corrected chi connectivity index (χ4v) is 5.51. The van der Waals surface area contributed by atoms with Crippen molar-refractivity contribution in [2.24, 2.45) is 0 Å². The van der Waals surface area contributed by atoms with Crippen LogP contribution < -0.4 is 10.4 Å². The molecule has 0 atom stereocenters. The number of para-hydroxylation sites is 1. The molecule has 6 rings (SSSR count). The third kappa shape index (κ3) is 4.05. The van der Waals surface area contributed by atoms with Crippen LogP contribution in [0.15, 0.2) is 121 Å². The van der Waals surface area contributed by atoms with E-state index in [1.165, 1.54) is 22.3 Å². The molecule has 0 aliphatic heterocycles. The molecular weight excluding hydrogens is 453 g/mol. The average molecular weight is 481 g/mol. The zero-order chi connectivity index (χ0) is 25.6. The lowest BCUT2D eigenvalue weighted by Gasteiger charge is -2.28. The van der Waals surface area contributed by atoms with E-state index in [0.29, 0.717) is 5.46 Å². The quantitative estimate of drug-likeness (QED) is 0.271. The normalized spacial score (nSPS) is 13.1. The third-order valence-electron chi connectivity index (χ3n) is 7.51. The number of nitrogens with zero attached hydrogens (tertiary/aromatic N) is 1. The molecule has 0 heterocycles. The molecule has 0 saturated heterocycles. The van der Waals surface area contributed by atoms with E-state index in [2.05, 4.69) is 110 Å². The molecule has 0 unspecified atom stereocenters. The molecule has 0 amide bonds. The van der Waals surface area contributed by atoms with Gasteiger partial charge < -0.3 is 14.9 Å². The molecule has 0 fully saturated rings. The van der Waals surface area contributed by atoms with Crippen molar-refractivity contribution in [2.45, 2.75) is 19.3 Å². The summed E-state index contributed by atoms with van der Waals surface area (Å²) in [6, 6.07) is 41.8. The average Bonchev–Trinajstić information content (AvgIpc) is 3.16. The van der Waals surface area contributed by atoms with Gasteiger partial charge in [0.25, 0.3) is 0 Å². The highest BCUT2D eigenvalue weighted by Gasteiger charge is 2.35. The van der Waals surface area contributed by atoms with Gasteiger partial charge in [-0.3, -0.25) is 0 Å². The van der Waals surface area contributed by atoms with E-state index in [0.717, 1.165) is 28.2 Å². The van der Waals surface area contributed by atoms with Crippen molar-refractivity contribution >= 4 is 29.6 Å². The number of rotatable bonds is 5. The summed E-state index contributed by atoms with van der Waals surface area (Å²) in [6.07, 6.45) is 0. The summed E-state index contributed by atoms with van der Waals surface area (Å²) >= 11 is 0. The van der Waals surface area contributed by atoms with Crippen LogP contribution in [0.1, 0.15) is 25.0 Å². The van der Waals surface area contributed by atoms with E-state index in [9.17, 15) is 10.0 Å². The van der Waals surface area contributed by atoms with Crippen molar-refractivity contribution in [1.82, 2.24) is 0 Å². The van der Waals surface area contributed by atoms with Crippen LogP contribution in [0.25, 0.3) is 22.3 Å². The van der Waals surface area contributed by atoms with E-state index in [4.69, 9.17) is 0 Å². The first kappa shape index (κ1) is 23.3. The van der Waals surface area contributed by atoms with Crippen molar-refractivity contribution in [2.75, 3.05) is 4.90 Å². The van der Waals surface area contributed by atoms with Crippen molar-refractivity contribution in [1.29, 1.82) is 0 Å². The van der Waals surface area contributed by atoms with E-state index >= 15 is 0 Å². The molecule has 0 aromatic heterocycles. The van der Waals surface area contributed by atoms with Crippen LogP contribution in [0.3, 0.4) is 0 Å². The van der Waals surface area contributed by atoms with Gasteiger partial charge in [-0.1, -0.05) is 98.8 Å². The van der Waals surface area contributed by atoms with Crippen LogP contribution in [-0.2, 0) is 5.41 Å². The number of benzene rings is 5. The predicted octanol–water partition coefficient (Wildman–Crippen LogP) is 6.81. The SMILES string of the molecule is CC1(C)c2ccccc2-c2ccc(N(c3ccccc3)c3ccc(-c4ccc(B(O)O)cc4)cc3)cc21. The third-order valence-corrected chi connectivity index (χ3v) is 7.51. The van der Waals surface area contributed by atoms with Gasteiger partial charge in [0.15, 0.2) is 0 Å². The Hall–Kier alpha value is -4.12. The predicted molar refractivity (Wildman–Crippen MR) is 154 cm³/mol. The first-order valence-electron chi connectivity index (χ1n) is 12.6. The topological polar surface area (TPSA) is 43.7 Å². The highest BCUT2D eigenvalue weighted by molar-refractivity contribution is 6.58. The Morgan fingerprint density at radius 1 is 0.541 bits per heavy atom. The standard InChI is InChI=1S/C33H28BNO2/c1-33(2)31-11-7-6-10-29(31)30-21-20-28(22-32(30)33)35(26-8-4-3-5-9-26)27-18-14-24(15-19-27)23-12-16-25(17-13-23)34(36)37/h3-22,36-37H,1-2H3. The largest absolute Gasteiger partial charge is 0.488 e. The van der Waals surface area contributed by atoms with E-state index in [-0.39, 0.29) is 5.41 Å².